The van der Waals surface area contributed by atoms with E-state index >= 15 is 0 Å². The van der Waals surface area contributed by atoms with Crippen molar-refractivity contribution in [1.29, 1.82) is 0 Å². The second kappa shape index (κ2) is 7.46. The molecule has 0 saturated carbocycles. The van der Waals surface area contributed by atoms with Crippen LogP contribution in [0.15, 0.2) is 28.7 Å². The molecular formula is C16H19ClN3O3S+. The number of carbonyl (C=O) groups excluding carboxylic acids is 1. The van der Waals surface area contributed by atoms with E-state index < -0.39 is 0 Å². The van der Waals surface area contributed by atoms with Crippen LogP contribution in [0.2, 0.25) is 5.02 Å². The summed E-state index contributed by atoms with van der Waals surface area (Å²) in [5.74, 6) is 0.354. The molecule has 128 valence electrons. The summed E-state index contributed by atoms with van der Waals surface area (Å²) in [6.45, 7) is 2.37. The SMILES string of the molecule is COC(=O)C1CC[NH+](Cn2nc(-c3cccc(Cl)c3)oc2=S)CC1. The lowest BCUT2D eigenvalue weighted by Gasteiger charge is -2.27. The molecule has 0 radical (unpaired) electrons. The number of nitrogens with one attached hydrogen (secondary N) is 1. The summed E-state index contributed by atoms with van der Waals surface area (Å²) in [5, 5.41) is 5.08. The molecule has 24 heavy (non-hydrogen) atoms. The number of rotatable bonds is 4. The molecule has 0 atom stereocenters. The Labute approximate surface area is 150 Å². The molecule has 0 unspecified atom stereocenters. The first kappa shape index (κ1) is 17.1. The maximum absolute atomic E-state index is 11.6. The van der Waals surface area contributed by atoms with Crippen molar-refractivity contribution in [2.75, 3.05) is 20.2 Å². The van der Waals surface area contributed by atoms with Gasteiger partial charge >= 0.3 is 5.97 Å². The number of likely N-dealkylation sites (tertiary alicyclic amines) is 1. The molecule has 1 aliphatic rings. The Morgan fingerprint density at radius 1 is 1.50 bits per heavy atom. The van der Waals surface area contributed by atoms with Crippen LogP contribution in [0.4, 0.5) is 0 Å². The Hall–Kier alpha value is -1.70. The minimum absolute atomic E-state index is 0.00560. The molecule has 1 aliphatic heterocycles. The molecule has 2 heterocycles. The largest absolute Gasteiger partial charge is 0.469 e. The predicted molar refractivity (Wildman–Crippen MR) is 91.2 cm³/mol. The van der Waals surface area contributed by atoms with Crippen molar-refractivity contribution < 1.29 is 18.8 Å². The smallest absolute Gasteiger partial charge is 0.309 e. The average molecular weight is 369 g/mol. The zero-order valence-electron chi connectivity index (χ0n) is 13.3. The van der Waals surface area contributed by atoms with E-state index in [0.29, 0.717) is 22.4 Å². The fraction of sp³-hybridized carbons (Fsp3) is 0.438. The third-order valence-electron chi connectivity index (χ3n) is 4.28. The Kier molecular flexibility index (Phi) is 5.33. The molecule has 1 fully saturated rings. The molecule has 1 N–H and O–H groups in total. The number of methoxy groups -OCH3 is 1. The third-order valence-corrected chi connectivity index (χ3v) is 4.81. The van der Waals surface area contributed by atoms with Gasteiger partial charge in [-0.25, -0.2) is 0 Å². The summed E-state index contributed by atoms with van der Waals surface area (Å²) in [6.07, 6.45) is 1.63. The van der Waals surface area contributed by atoms with Crippen molar-refractivity contribution in [3.05, 3.63) is 34.1 Å². The number of ether oxygens (including phenoxy) is 1. The van der Waals surface area contributed by atoms with Crippen LogP contribution in [0, 0.1) is 10.8 Å². The topological polar surface area (TPSA) is 61.7 Å². The second-order valence-corrected chi connectivity index (χ2v) is 6.67. The maximum atomic E-state index is 11.6. The number of aromatic nitrogens is 2. The number of esters is 1. The van der Waals surface area contributed by atoms with Crippen LogP contribution >= 0.6 is 23.8 Å². The predicted octanol–water partition coefficient (Wildman–Crippen LogP) is 1.95. The van der Waals surface area contributed by atoms with Crippen LogP contribution in [-0.2, 0) is 16.2 Å². The monoisotopic (exact) mass is 368 g/mol. The molecule has 0 spiro atoms. The molecule has 8 heteroatoms. The molecule has 0 amide bonds. The molecule has 1 aromatic carbocycles. The summed E-state index contributed by atoms with van der Waals surface area (Å²) in [4.78, 5) is 13.2. The Balaban J connectivity index is 1.67. The summed E-state index contributed by atoms with van der Waals surface area (Å²) < 4.78 is 12.1. The number of hydrogen-bond donors (Lipinski definition) is 1. The minimum atomic E-state index is -0.115. The first-order valence-corrected chi connectivity index (χ1v) is 8.60. The fourth-order valence-corrected chi connectivity index (χ4v) is 3.32. The van der Waals surface area contributed by atoms with Gasteiger partial charge in [0.15, 0.2) is 6.67 Å². The van der Waals surface area contributed by atoms with Gasteiger partial charge in [0.1, 0.15) is 0 Å². The Morgan fingerprint density at radius 2 is 2.25 bits per heavy atom. The van der Waals surface area contributed by atoms with E-state index in [4.69, 9.17) is 33.0 Å². The Bertz CT molecular complexity index is 781. The maximum Gasteiger partial charge on any atom is 0.309 e. The quantitative estimate of drug-likeness (QED) is 0.660. The summed E-state index contributed by atoms with van der Waals surface area (Å²) in [6, 6.07) is 7.32. The third kappa shape index (κ3) is 3.85. The molecule has 1 aromatic heterocycles. The number of piperidine rings is 1. The van der Waals surface area contributed by atoms with Crippen LogP contribution in [0.25, 0.3) is 11.5 Å². The minimum Gasteiger partial charge on any atom is -0.469 e. The van der Waals surface area contributed by atoms with Crippen molar-refractivity contribution in [3.63, 3.8) is 0 Å². The summed E-state index contributed by atoms with van der Waals surface area (Å²) in [5.41, 5.74) is 0.798. The van der Waals surface area contributed by atoms with E-state index in [9.17, 15) is 4.79 Å². The normalized spacial score (nSPS) is 20.8. The van der Waals surface area contributed by atoms with E-state index in [2.05, 4.69) is 5.10 Å². The lowest BCUT2D eigenvalue weighted by atomic mass is 9.97. The van der Waals surface area contributed by atoms with Crippen LogP contribution in [0.1, 0.15) is 12.8 Å². The van der Waals surface area contributed by atoms with Gasteiger partial charge in [-0.2, -0.15) is 4.68 Å². The van der Waals surface area contributed by atoms with Gasteiger partial charge in [0, 0.05) is 23.4 Å². The van der Waals surface area contributed by atoms with Crippen LogP contribution in [0.5, 0.6) is 0 Å². The van der Waals surface area contributed by atoms with E-state index in [-0.39, 0.29) is 11.9 Å². The first-order chi connectivity index (χ1) is 11.6. The van der Waals surface area contributed by atoms with E-state index in [1.807, 2.05) is 12.1 Å². The van der Waals surface area contributed by atoms with Crippen molar-refractivity contribution in [2.24, 2.45) is 5.92 Å². The average Bonchev–Trinajstić information content (AvgIpc) is 2.96. The standard InChI is InChI=1S/C16H18ClN3O3S/c1-22-15(21)11-5-7-19(8-6-11)10-20-16(24)23-14(18-20)12-3-2-4-13(17)9-12/h2-4,9,11H,5-8,10H2,1H3/p+1. The zero-order chi connectivity index (χ0) is 17.1. The number of nitrogens with zero attached hydrogens (tertiary/aromatic N) is 2. The van der Waals surface area contributed by atoms with E-state index in [1.165, 1.54) is 12.0 Å². The molecule has 1 saturated heterocycles. The second-order valence-electron chi connectivity index (χ2n) is 5.89. The van der Waals surface area contributed by atoms with Gasteiger partial charge in [-0.05, 0) is 30.4 Å². The highest BCUT2D eigenvalue weighted by atomic mass is 35.5. The Morgan fingerprint density at radius 3 is 2.92 bits per heavy atom. The van der Waals surface area contributed by atoms with E-state index in [1.54, 1.807) is 16.8 Å². The van der Waals surface area contributed by atoms with Gasteiger partial charge in [-0.3, -0.25) is 4.79 Å². The summed E-state index contributed by atoms with van der Waals surface area (Å²) in [7, 11) is 1.44. The number of quaternary nitrogens is 1. The van der Waals surface area contributed by atoms with E-state index in [0.717, 1.165) is 31.5 Å². The lowest BCUT2D eigenvalue weighted by molar-refractivity contribution is -0.929. The molecule has 6 nitrogen and oxygen atoms in total. The molecule has 0 bridgehead atoms. The van der Waals surface area contributed by atoms with Gasteiger partial charge in [0.25, 0.3) is 4.84 Å². The zero-order valence-corrected chi connectivity index (χ0v) is 14.9. The van der Waals surface area contributed by atoms with Gasteiger partial charge in [-0.1, -0.05) is 17.7 Å². The lowest BCUT2D eigenvalue weighted by Crippen LogP contribution is -3.12. The summed E-state index contributed by atoms with van der Waals surface area (Å²) >= 11 is 11.3. The fourth-order valence-electron chi connectivity index (χ4n) is 2.94. The highest BCUT2D eigenvalue weighted by molar-refractivity contribution is 7.71. The van der Waals surface area contributed by atoms with Crippen molar-refractivity contribution in [2.45, 2.75) is 19.5 Å². The highest BCUT2D eigenvalue weighted by Gasteiger charge is 2.28. The number of benzene rings is 1. The molecular weight excluding hydrogens is 350 g/mol. The van der Waals surface area contributed by atoms with Crippen LogP contribution in [-0.4, -0.2) is 35.9 Å². The number of hydrogen-bond acceptors (Lipinski definition) is 5. The van der Waals surface area contributed by atoms with Gasteiger partial charge in [0.2, 0.25) is 5.89 Å². The molecule has 3 rings (SSSR count). The van der Waals surface area contributed by atoms with Crippen LogP contribution < -0.4 is 4.90 Å². The number of halogens is 1. The van der Waals surface area contributed by atoms with Crippen molar-refractivity contribution in [1.82, 2.24) is 9.78 Å². The first-order valence-electron chi connectivity index (χ1n) is 7.82. The molecule has 0 aliphatic carbocycles. The number of carbonyl (C=O) groups is 1. The van der Waals surface area contributed by atoms with Crippen molar-refractivity contribution in [3.8, 4) is 11.5 Å². The molecule has 2 aromatic rings. The van der Waals surface area contributed by atoms with Gasteiger partial charge in [-0.15, -0.1) is 5.10 Å². The van der Waals surface area contributed by atoms with Gasteiger partial charge < -0.3 is 14.1 Å². The van der Waals surface area contributed by atoms with Crippen LogP contribution in [0.3, 0.4) is 0 Å². The highest BCUT2D eigenvalue weighted by Crippen LogP contribution is 2.21. The van der Waals surface area contributed by atoms with Crippen molar-refractivity contribution >= 4 is 29.8 Å². The van der Waals surface area contributed by atoms with Gasteiger partial charge in [0.05, 0.1) is 26.1 Å².